The number of hydrogen-bond donors (Lipinski definition) is 3. The molecule has 1 fully saturated rings. The van der Waals surface area contributed by atoms with Crippen molar-refractivity contribution < 1.29 is 24.5 Å². The molecule has 3 N–H and O–H groups in total. The molecule has 1 atom stereocenters. The van der Waals surface area contributed by atoms with Gasteiger partial charge in [-0.2, -0.15) is 0 Å². The van der Waals surface area contributed by atoms with Gasteiger partial charge in [-0.1, -0.05) is 23.7 Å². The predicted molar refractivity (Wildman–Crippen MR) is 68.3 cm³/mol. The van der Waals surface area contributed by atoms with Gasteiger partial charge in [-0.05, 0) is 17.7 Å². The van der Waals surface area contributed by atoms with E-state index in [9.17, 15) is 0 Å². The quantitative estimate of drug-likeness (QED) is 0.671. The van der Waals surface area contributed by atoms with Crippen molar-refractivity contribution in [1.82, 2.24) is 5.32 Å². The highest BCUT2D eigenvalue weighted by Crippen LogP contribution is 2.21. The van der Waals surface area contributed by atoms with Crippen LogP contribution in [0.5, 0.6) is 0 Å². The zero-order valence-electron chi connectivity index (χ0n) is 10.0. The average Bonchev–Trinajstić information content (AvgIpc) is 2.40. The van der Waals surface area contributed by atoms with Gasteiger partial charge in [0.25, 0.3) is 0 Å². The second-order valence-corrected chi connectivity index (χ2v) is 4.17. The topological polar surface area (TPSA) is 95.9 Å². The zero-order valence-corrected chi connectivity index (χ0v) is 10.8. The molecule has 1 unspecified atom stereocenters. The first-order valence-corrected chi connectivity index (χ1v) is 5.92. The van der Waals surface area contributed by atoms with Gasteiger partial charge in [0, 0.05) is 18.1 Å². The first-order chi connectivity index (χ1) is 9.00. The third-order valence-corrected chi connectivity index (χ3v) is 2.57. The van der Waals surface area contributed by atoms with Crippen LogP contribution in [0.25, 0.3) is 0 Å². The Morgan fingerprint density at radius 3 is 2.47 bits per heavy atom. The number of aliphatic carboxylic acids is 2. The molecule has 1 saturated heterocycles. The van der Waals surface area contributed by atoms with E-state index < -0.39 is 11.9 Å². The lowest BCUT2D eigenvalue weighted by molar-refractivity contribution is -0.159. The summed E-state index contributed by atoms with van der Waals surface area (Å²) >= 11 is 5.89. The molecule has 1 aliphatic rings. The van der Waals surface area contributed by atoms with Crippen LogP contribution in [-0.2, 0) is 14.3 Å². The van der Waals surface area contributed by atoms with Gasteiger partial charge in [0.05, 0.1) is 12.7 Å². The number of benzene rings is 1. The van der Waals surface area contributed by atoms with E-state index in [0.717, 1.165) is 30.3 Å². The van der Waals surface area contributed by atoms with Crippen molar-refractivity contribution in [3.05, 3.63) is 34.9 Å². The van der Waals surface area contributed by atoms with E-state index in [1.807, 2.05) is 24.3 Å². The Morgan fingerprint density at radius 2 is 2.00 bits per heavy atom. The first-order valence-electron chi connectivity index (χ1n) is 5.54. The fraction of sp³-hybridized carbons (Fsp3) is 0.333. The van der Waals surface area contributed by atoms with Gasteiger partial charge < -0.3 is 20.3 Å². The fourth-order valence-electron chi connectivity index (χ4n) is 1.49. The molecule has 0 spiro atoms. The van der Waals surface area contributed by atoms with Crippen molar-refractivity contribution in [2.24, 2.45) is 0 Å². The van der Waals surface area contributed by atoms with E-state index in [-0.39, 0.29) is 6.10 Å². The Hall–Kier alpha value is -1.63. The highest BCUT2D eigenvalue weighted by Gasteiger charge is 2.15. The Kier molecular flexibility index (Phi) is 6.27. The standard InChI is InChI=1S/C10H12ClNO.C2H2O4/c11-9-3-1-2-8(6-9)10-7-12-4-5-13-10;3-1(4)2(5)6/h1-3,6,10,12H,4-5,7H2;(H,3,4)(H,5,6). The van der Waals surface area contributed by atoms with E-state index in [4.69, 9.17) is 36.1 Å². The van der Waals surface area contributed by atoms with Crippen molar-refractivity contribution in [1.29, 1.82) is 0 Å². The lowest BCUT2D eigenvalue weighted by Gasteiger charge is -2.23. The SMILES string of the molecule is Clc1cccc(C2CNCCO2)c1.O=C(O)C(=O)O. The van der Waals surface area contributed by atoms with Crippen LogP contribution < -0.4 is 5.32 Å². The molecule has 1 heterocycles. The fourth-order valence-corrected chi connectivity index (χ4v) is 1.69. The summed E-state index contributed by atoms with van der Waals surface area (Å²) in [5, 5.41) is 18.8. The second kappa shape index (κ2) is 7.73. The molecule has 1 aromatic rings. The van der Waals surface area contributed by atoms with Gasteiger partial charge in [0.15, 0.2) is 0 Å². The average molecular weight is 288 g/mol. The molecule has 0 amide bonds. The van der Waals surface area contributed by atoms with Crippen molar-refractivity contribution in [3.8, 4) is 0 Å². The van der Waals surface area contributed by atoms with E-state index in [0.29, 0.717) is 0 Å². The third kappa shape index (κ3) is 5.69. The first kappa shape index (κ1) is 15.4. The Morgan fingerprint density at radius 1 is 1.32 bits per heavy atom. The highest BCUT2D eigenvalue weighted by atomic mass is 35.5. The maximum atomic E-state index is 9.10. The van der Waals surface area contributed by atoms with Gasteiger partial charge in [-0.3, -0.25) is 0 Å². The largest absolute Gasteiger partial charge is 0.473 e. The number of carboxylic acid groups (broad SMARTS) is 2. The van der Waals surface area contributed by atoms with Crippen LogP contribution in [0.2, 0.25) is 5.02 Å². The predicted octanol–water partition coefficient (Wildman–Crippen LogP) is 1.16. The van der Waals surface area contributed by atoms with Gasteiger partial charge in [-0.25, -0.2) is 9.59 Å². The molecule has 0 bridgehead atoms. The van der Waals surface area contributed by atoms with Crippen LogP contribution in [0.4, 0.5) is 0 Å². The molecule has 0 aliphatic carbocycles. The molecule has 1 aliphatic heterocycles. The van der Waals surface area contributed by atoms with E-state index in [1.165, 1.54) is 0 Å². The normalized spacial score (nSPS) is 18.1. The molecule has 104 valence electrons. The van der Waals surface area contributed by atoms with Crippen LogP contribution >= 0.6 is 11.6 Å². The summed E-state index contributed by atoms with van der Waals surface area (Å²) in [6.45, 7) is 2.59. The number of morpholine rings is 1. The van der Waals surface area contributed by atoms with Crippen LogP contribution in [-0.4, -0.2) is 41.8 Å². The minimum atomic E-state index is -1.82. The summed E-state index contributed by atoms with van der Waals surface area (Å²) in [6, 6.07) is 7.83. The summed E-state index contributed by atoms with van der Waals surface area (Å²) < 4.78 is 5.60. The maximum absolute atomic E-state index is 9.10. The van der Waals surface area contributed by atoms with Crippen molar-refractivity contribution >= 4 is 23.5 Å². The van der Waals surface area contributed by atoms with E-state index in [1.54, 1.807) is 0 Å². The minimum absolute atomic E-state index is 0.160. The molecule has 1 aromatic carbocycles. The number of hydrogen-bond acceptors (Lipinski definition) is 4. The summed E-state index contributed by atoms with van der Waals surface area (Å²) in [5.74, 6) is -3.65. The van der Waals surface area contributed by atoms with E-state index in [2.05, 4.69) is 5.32 Å². The van der Waals surface area contributed by atoms with Gasteiger partial charge in [-0.15, -0.1) is 0 Å². The van der Waals surface area contributed by atoms with E-state index >= 15 is 0 Å². The molecule has 7 heteroatoms. The Balaban J connectivity index is 0.000000258. The number of halogens is 1. The van der Waals surface area contributed by atoms with Crippen molar-refractivity contribution in [2.75, 3.05) is 19.7 Å². The summed E-state index contributed by atoms with van der Waals surface area (Å²) in [6.07, 6.45) is 0.160. The van der Waals surface area contributed by atoms with Crippen molar-refractivity contribution in [2.45, 2.75) is 6.10 Å². The molecule has 19 heavy (non-hydrogen) atoms. The molecule has 2 rings (SSSR count). The van der Waals surface area contributed by atoms with Crippen LogP contribution in [0.1, 0.15) is 11.7 Å². The lowest BCUT2D eigenvalue weighted by atomic mass is 10.1. The van der Waals surface area contributed by atoms with Crippen LogP contribution in [0, 0.1) is 0 Å². The summed E-state index contributed by atoms with van der Waals surface area (Å²) in [4.78, 5) is 18.2. The summed E-state index contributed by atoms with van der Waals surface area (Å²) in [7, 11) is 0. The minimum Gasteiger partial charge on any atom is -0.473 e. The smallest absolute Gasteiger partial charge is 0.414 e. The lowest BCUT2D eigenvalue weighted by Crippen LogP contribution is -2.33. The molecule has 6 nitrogen and oxygen atoms in total. The molecular formula is C12H14ClNO5. The Labute approximate surface area is 114 Å². The number of carboxylic acids is 2. The Bertz CT molecular complexity index is 434. The number of carbonyl (C=O) groups is 2. The number of rotatable bonds is 1. The number of nitrogens with one attached hydrogen (secondary N) is 1. The van der Waals surface area contributed by atoms with Gasteiger partial charge in [0.2, 0.25) is 0 Å². The maximum Gasteiger partial charge on any atom is 0.414 e. The summed E-state index contributed by atoms with van der Waals surface area (Å²) in [5.41, 5.74) is 1.15. The molecule has 0 aromatic heterocycles. The molecular weight excluding hydrogens is 274 g/mol. The second-order valence-electron chi connectivity index (χ2n) is 3.73. The van der Waals surface area contributed by atoms with Crippen molar-refractivity contribution in [3.63, 3.8) is 0 Å². The zero-order chi connectivity index (χ0) is 14.3. The monoisotopic (exact) mass is 287 g/mol. The van der Waals surface area contributed by atoms with Crippen LogP contribution in [0.3, 0.4) is 0 Å². The van der Waals surface area contributed by atoms with Gasteiger partial charge in [0.1, 0.15) is 0 Å². The third-order valence-electron chi connectivity index (χ3n) is 2.33. The molecule has 0 radical (unpaired) electrons. The number of ether oxygens (including phenoxy) is 1. The highest BCUT2D eigenvalue weighted by molar-refractivity contribution is 6.30. The molecule has 0 saturated carbocycles. The van der Waals surface area contributed by atoms with Gasteiger partial charge >= 0.3 is 11.9 Å². The van der Waals surface area contributed by atoms with Crippen LogP contribution in [0.15, 0.2) is 24.3 Å².